The smallest absolute Gasteiger partial charge is 0.319 e. The van der Waals surface area contributed by atoms with Crippen molar-refractivity contribution in [3.8, 4) is 35.0 Å². The summed E-state index contributed by atoms with van der Waals surface area (Å²) in [5.74, 6) is 0.987. The van der Waals surface area contributed by atoms with Crippen molar-refractivity contribution in [3.63, 3.8) is 0 Å². The van der Waals surface area contributed by atoms with Crippen LogP contribution in [-0.2, 0) is 6.61 Å². The molecule has 2 aromatic heterocycles. The minimum absolute atomic E-state index is 0.197. The summed E-state index contributed by atoms with van der Waals surface area (Å²) >= 11 is 0. The molecule has 9 nitrogen and oxygen atoms in total. The average molecular weight is 338 g/mol. The molecule has 9 heteroatoms. The van der Waals surface area contributed by atoms with Gasteiger partial charge in [0, 0.05) is 11.6 Å². The number of nitrogens with zero attached hydrogens (tertiary/aromatic N) is 5. The van der Waals surface area contributed by atoms with E-state index in [1.807, 2.05) is 18.2 Å². The third-order valence-corrected chi connectivity index (χ3v) is 3.27. The SMILES string of the molecule is COc1cc(COc2cccc(-c3n[nH]nc3C#N)c2)nc(OC)n1. The Balaban J connectivity index is 1.79. The first-order chi connectivity index (χ1) is 12.2. The molecule has 0 aliphatic carbocycles. The molecule has 0 bridgehead atoms. The summed E-state index contributed by atoms with van der Waals surface area (Å²) < 4.78 is 15.9. The molecule has 0 spiro atoms. The highest BCUT2D eigenvalue weighted by atomic mass is 16.5. The minimum atomic E-state index is 0.197. The molecule has 0 fully saturated rings. The molecular weight excluding hydrogens is 324 g/mol. The second-order valence-electron chi connectivity index (χ2n) is 4.84. The van der Waals surface area contributed by atoms with Crippen LogP contribution in [0.4, 0.5) is 0 Å². The largest absolute Gasteiger partial charge is 0.487 e. The lowest BCUT2D eigenvalue weighted by Crippen LogP contribution is -2.03. The van der Waals surface area contributed by atoms with Crippen LogP contribution in [0.15, 0.2) is 30.3 Å². The standard InChI is InChI=1S/C16H14N6O3/c1-23-14-7-11(18-16(19-14)24-2)9-25-12-5-3-4-10(6-12)15-13(8-17)20-22-21-15/h3-7H,9H2,1-2H3,(H,20,21,22). The molecule has 1 aromatic carbocycles. The predicted molar refractivity (Wildman–Crippen MR) is 86.0 cm³/mol. The maximum atomic E-state index is 9.05. The number of ether oxygens (including phenoxy) is 3. The van der Waals surface area contributed by atoms with E-state index in [1.165, 1.54) is 14.2 Å². The van der Waals surface area contributed by atoms with Crippen molar-refractivity contribution < 1.29 is 14.2 Å². The van der Waals surface area contributed by atoms with Gasteiger partial charge in [-0.15, -0.1) is 5.10 Å². The molecule has 0 unspecified atom stereocenters. The molecule has 0 aliphatic heterocycles. The van der Waals surface area contributed by atoms with Crippen LogP contribution in [0.25, 0.3) is 11.3 Å². The van der Waals surface area contributed by atoms with E-state index in [2.05, 4.69) is 25.4 Å². The number of aromatic amines is 1. The van der Waals surface area contributed by atoms with Crippen LogP contribution >= 0.6 is 0 Å². The van der Waals surface area contributed by atoms with Crippen molar-refractivity contribution in [3.05, 3.63) is 41.7 Å². The highest BCUT2D eigenvalue weighted by molar-refractivity contribution is 5.65. The second-order valence-corrected chi connectivity index (χ2v) is 4.84. The fraction of sp³-hybridized carbons (Fsp3) is 0.188. The first-order valence-electron chi connectivity index (χ1n) is 7.23. The van der Waals surface area contributed by atoms with Gasteiger partial charge in [0.25, 0.3) is 0 Å². The lowest BCUT2D eigenvalue weighted by atomic mass is 10.1. The van der Waals surface area contributed by atoms with E-state index in [4.69, 9.17) is 19.5 Å². The lowest BCUT2D eigenvalue weighted by molar-refractivity contribution is 0.292. The van der Waals surface area contributed by atoms with Crippen molar-refractivity contribution in [2.24, 2.45) is 0 Å². The number of methoxy groups -OCH3 is 2. The molecule has 0 saturated carbocycles. The highest BCUT2D eigenvalue weighted by Crippen LogP contribution is 2.24. The molecule has 25 heavy (non-hydrogen) atoms. The molecule has 0 radical (unpaired) electrons. The molecule has 1 N–H and O–H groups in total. The zero-order valence-electron chi connectivity index (χ0n) is 13.6. The molecule has 0 saturated heterocycles. The fourth-order valence-corrected chi connectivity index (χ4v) is 2.12. The average Bonchev–Trinajstić information content (AvgIpc) is 3.15. The normalized spacial score (nSPS) is 10.1. The van der Waals surface area contributed by atoms with Gasteiger partial charge < -0.3 is 14.2 Å². The van der Waals surface area contributed by atoms with Crippen molar-refractivity contribution in [1.29, 1.82) is 5.26 Å². The Bertz CT molecular complexity index is 896. The summed E-state index contributed by atoms with van der Waals surface area (Å²) in [4.78, 5) is 8.24. The van der Waals surface area contributed by atoms with E-state index in [0.29, 0.717) is 23.0 Å². The zero-order valence-corrected chi connectivity index (χ0v) is 13.6. The van der Waals surface area contributed by atoms with Crippen LogP contribution in [0.1, 0.15) is 11.4 Å². The summed E-state index contributed by atoms with van der Waals surface area (Å²) in [5.41, 5.74) is 2.02. The highest BCUT2D eigenvalue weighted by Gasteiger charge is 2.11. The summed E-state index contributed by atoms with van der Waals surface area (Å²) in [6.07, 6.45) is 0. The molecule has 0 aliphatic rings. The molecular formula is C16H14N6O3. The molecule has 2 heterocycles. The summed E-state index contributed by atoms with van der Waals surface area (Å²) in [5, 5.41) is 19.3. The van der Waals surface area contributed by atoms with Crippen LogP contribution in [-0.4, -0.2) is 39.6 Å². The number of H-pyrrole nitrogens is 1. The van der Waals surface area contributed by atoms with Gasteiger partial charge in [-0.3, -0.25) is 0 Å². The first-order valence-corrected chi connectivity index (χ1v) is 7.23. The number of aromatic nitrogens is 5. The summed E-state index contributed by atoms with van der Waals surface area (Å²) in [7, 11) is 2.99. The van der Waals surface area contributed by atoms with Crippen molar-refractivity contribution in [1.82, 2.24) is 25.4 Å². The lowest BCUT2D eigenvalue weighted by Gasteiger charge is -2.09. The zero-order chi connectivity index (χ0) is 17.6. The Labute approximate surface area is 143 Å². The van der Waals surface area contributed by atoms with E-state index < -0.39 is 0 Å². The number of hydrogen-bond donors (Lipinski definition) is 1. The van der Waals surface area contributed by atoms with Gasteiger partial charge in [-0.05, 0) is 12.1 Å². The van der Waals surface area contributed by atoms with Gasteiger partial charge >= 0.3 is 6.01 Å². The van der Waals surface area contributed by atoms with Crippen molar-refractivity contribution >= 4 is 0 Å². The number of benzene rings is 1. The Morgan fingerprint density at radius 2 is 2.00 bits per heavy atom. The van der Waals surface area contributed by atoms with Gasteiger partial charge in [0.05, 0.1) is 19.9 Å². The van der Waals surface area contributed by atoms with Gasteiger partial charge in [-0.2, -0.15) is 25.5 Å². The van der Waals surface area contributed by atoms with Gasteiger partial charge in [0.1, 0.15) is 24.1 Å². The third kappa shape index (κ3) is 3.64. The minimum Gasteiger partial charge on any atom is -0.487 e. The number of hydrogen-bond acceptors (Lipinski definition) is 8. The maximum Gasteiger partial charge on any atom is 0.319 e. The van der Waals surface area contributed by atoms with E-state index in [-0.39, 0.29) is 18.3 Å². The maximum absolute atomic E-state index is 9.05. The van der Waals surface area contributed by atoms with Crippen molar-refractivity contribution in [2.75, 3.05) is 14.2 Å². The van der Waals surface area contributed by atoms with Gasteiger partial charge in [0.2, 0.25) is 5.88 Å². The van der Waals surface area contributed by atoms with Crippen LogP contribution in [0.5, 0.6) is 17.6 Å². The molecule has 126 valence electrons. The Hall–Kier alpha value is -3.67. The van der Waals surface area contributed by atoms with Crippen molar-refractivity contribution in [2.45, 2.75) is 6.61 Å². The van der Waals surface area contributed by atoms with Gasteiger partial charge in [-0.25, -0.2) is 0 Å². The van der Waals surface area contributed by atoms with Crippen LogP contribution in [0, 0.1) is 11.3 Å². The van der Waals surface area contributed by atoms with E-state index in [9.17, 15) is 0 Å². The predicted octanol–water partition coefficient (Wildman–Crippen LogP) is 1.73. The quantitative estimate of drug-likeness (QED) is 0.721. The molecule has 3 rings (SSSR count). The van der Waals surface area contributed by atoms with Crippen LogP contribution in [0.2, 0.25) is 0 Å². The van der Waals surface area contributed by atoms with Gasteiger partial charge in [0.15, 0.2) is 5.69 Å². The monoisotopic (exact) mass is 338 g/mol. The number of nitrogens with one attached hydrogen (secondary N) is 1. The Kier molecular flexibility index (Phi) is 4.71. The summed E-state index contributed by atoms with van der Waals surface area (Å²) in [6, 6.07) is 11.1. The molecule has 0 atom stereocenters. The topological polar surface area (TPSA) is 119 Å². The number of rotatable bonds is 6. The number of nitriles is 1. The third-order valence-electron chi connectivity index (χ3n) is 3.27. The Morgan fingerprint density at radius 3 is 2.76 bits per heavy atom. The van der Waals surface area contributed by atoms with E-state index in [1.54, 1.807) is 18.2 Å². The van der Waals surface area contributed by atoms with E-state index >= 15 is 0 Å². The second kappa shape index (κ2) is 7.27. The molecule has 0 amide bonds. The molecule has 3 aromatic rings. The fourth-order valence-electron chi connectivity index (χ4n) is 2.12. The summed E-state index contributed by atoms with van der Waals surface area (Å²) in [6.45, 7) is 0.197. The first kappa shape index (κ1) is 16.2. The Morgan fingerprint density at radius 1 is 1.12 bits per heavy atom. The van der Waals surface area contributed by atoms with Crippen LogP contribution < -0.4 is 14.2 Å². The van der Waals surface area contributed by atoms with E-state index in [0.717, 1.165) is 5.56 Å². The van der Waals surface area contributed by atoms with Gasteiger partial charge in [-0.1, -0.05) is 12.1 Å². The van der Waals surface area contributed by atoms with Crippen LogP contribution in [0.3, 0.4) is 0 Å².